The zero-order valence-electron chi connectivity index (χ0n) is 17.7. The SMILES string of the molecule is CC(=O)NCC1CCCN(c2nc(-c3ccc(C)cc3)c3c4c(sc3n2)CCC4)C1. The number of nitrogens with one attached hydrogen (secondary N) is 1. The zero-order chi connectivity index (χ0) is 20.7. The summed E-state index contributed by atoms with van der Waals surface area (Å²) in [5.74, 6) is 1.32. The minimum Gasteiger partial charge on any atom is -0.356 e. The van der Waals surface area contributed by atoms with Crippen LogP contribution in [0.2, 0.25) is 0 Å². The van der Waals surface area contributed by atoms with Crippen molar-refractivity contribution in [2.24, 2.45) is 5.92 Å². The summed E-state index contributed by atoms with van der Waals surface area (Å²) in [6.07, 6.45) is 5.79. The standard InChI is InChI=1S/C24H28N4OS/c1-15-8-10-18(11-9-15)22-21-19-6-3-7-20(19)30-23(21)27-24(26-22)28-12-4-5-17(14-28)13-25-16(2)29/h8-11,17H,3-7,12-14H2,1-2H3,(H,25,29). The number of hydrogen-bond donors (Lipinski definition) is 1. The molecule has 1 fully saturated rings. The Morgan fingerprint density at radius 1 is 1.20 bits per heavy atom. The van der Waals surface area contributed by atoms with E-state index in [9.17, 15) is 4.79 Å². The lowest BCUT2D eigenvalue weighted by atomic mass is 9.98. The molecule has 0 saturated carbocycles. The molecule has 6 heteroatoms. The predicted octanol–water partition coefficient (Wildman–Crippen LogP) is 4.51. The highest BCUT2D eigenvalue weighted by Gasteiger charge is 2.26. The molecule has 156 valence electrons. The lowest BCUT2D eigenvalue weighted by Crippen LogP contribution is -2.41. The van der Waals surface area contributed by atoms with Crippen molar-refractivity contribution in [3.63, 3.8) is 0 Å². The number of fused-ring (bicyclic) bond motifs is 3. The van der Waals surface area contributed by atoms with Crippen molar-refractivity contribution in [2.75, 3.05) is 24.5 Å². The van der Waals surface area contributed by atoms with E-state index in [1.54, 1.807) is 6.92 Å². The summed E-state index contributed by atoms with van der Waals surface area (Å²) in [6.45, 7) is 6.30. The van der Waals surface area contributed by atoms with Gasteiger partial charge in [0.05, 0.1) is 5.69 Å². The molecule has 1 unspecified atom stereocenters. The molecule has 2 aliphatic rings. The summed E-state index contributed by atoms with van der Waals surface area (Å²) >= 11 is 1.86. The smallest absolute Gasteiger partial charge is 0.227 e. The minimum absolute atomic E-state index is 0.0413. The Kier molecular flexibility index (Phi) is 5.19. The topological polar surface area (TPSA) is 58.1 Å². The molecule has 5 nitrogen and oxygen atoms in total. The van der Waals surface area contributed by atoms with Gasteiger partial charge in [0.2, 0.25) is 11.9 Å². The van der Waals surface area contributed by atoms with Crippen LogP contribution >= 0.6 is 11.3 Å². The van der Waals surface area contributed by atoms with E-state index in [1.165, 1.54) is 39.8 Å². The number of anilines is 1. The molecular formula is C24H28N4OS. The molecule has 0 bridgehead atoms. The number of amides is 1. The monoisotopic (exact) mass is 420 g/mol. The Balaban J connectivity index is 1.55. The molecule has 0 spiro atoms. The van der Waals surface area contributed by atoms with Crippen LogP contribution in [0, 0.1) is 12.8 Å². The molecule has 1 amide bonds. The number of carbonyl (C=O) groups excluding carboxylic acids is 1. The van der Waals surface area contributed by atoms with Gasteiger partial charge >= 0.3 is 0 Å². The van der Waals surface area contributed by atoms with E-state index in [-0.39, 0.29) is 5.91 Å². The van der Waals surface area contributed by atoms with Gasteiger partial charge in [-0.1, -0.05) is 29.8 Å². The highest BCUT2D eigenvalue weighted by Crippen LogP contribution is 2.41. The van der Waals surface area contributed by atoms with Gasteiger partial charge in [-0.05, 0) is 50.5 Å². The fourth-order valence-corrected chi connectivity index (χ4v) is 6.00. The third kappa shape index (κ3) is 3.69. The van der Waals surface area contributed by atoms with Gasteiger partial charge in [-0.15, -0.1) is 11.3 Å². The Morgan fingerprint density at radius 3 is 2.83 bits per heavy atom. The molecule has 3 heterocycles. The highest BCUT2D eigenvalue weighted by molar-refractivity contribution is 7.19. The van der Waals surface area contributed by atoms with Crippen molar-refractivity contribution in [2.45, 2.75) is 46.0 Å². The average molecular weight is 421 g/mol. The molecule has 1 aliphatic carbocycles. The summed E-state index contributed by atoms with van der Waals surface area (Å²) in [7, 11) is 0. The van der Waals surface area contributed by atoms with E-state index >= 15 is 0 Å². The highest BCUT2D eigenvalue weighted by atomic mass is 32.1. The maximum Gasteiger partial charge on any atom is 0.227 e. The first-order valence-electron chi connectivity index (χ1n) is 11.0. The van der Waals surface area contributed by atoms with Crippen LogP contribution < -0.4 is 10.2 Å². The van der Waals surface area contributed by atoms with Gasteiger partial charge in [0, 0.05) is 42.4 Å². The fourth-order valence-electron chi connectivity index (χ4n) is 4.75. The summed E-state index contributed by atoms with van der Waals surface area (Å²) in [6, 6.07) is 8.71. The van der Waals surface area contributed by atoms with Crippen molar-refractivity contribution in [3.05, 3.63) is 40.3 Å². The van der Waals surface area contributed by atoms with Crippen LogP contribution in [0.3, 0.4) is 0 Å². The van der Waals surface area contributed by atoms with Gasteiger partial charge in [-0.2, -0.15) is 0 Å². The lowest BCUT2D eigenvalue weighted by Gasteiger charge is -2.33. The zero-order valence-corrected chi connectivity index (χ0v) is 18.5. The number of thiophene rings is 1. The van der Waals surface area contributed by atoms with Crippen LogP contribution in [0.1, 0.15) is 42.2 Å². The van der Waals surface area contributed by atoms with Crippen molar-refractivity contribution in [3.8, 4) is 11.3 Å². The van der Waals surface area contributed by atoms with E-state index < -0.39 is 0 Å². The number of carbonyl (C=O) groups is 1. The van der Waals surface area contributed by atoms with Crippen molar-refractivity contribution < 1.29 is 4.79 Å². The normalized spacial score (nSPS) is 18.6. The molecule has 3 aromatic rings. The van der Waals surface area contributed by atoms with Crippen molar-refractivity contribution in [1.29, 1.82) is 0 Å². The second kappa shape index (κ2) is 7.99. The van der Waals surface area contributed by atoms with Crippen LogP contribution in [0.15, 0.2) is 24.3 Å². The predicted molar refractivity (Wildman–Crippen MR) is 123 cm³/mol. The summed E-state index contributed by atoms with van der Waals surface area (Å²) in [5.41, 5.74) is 4.99. The third-order valence-electron chi connectivity index (χ3n) is 6.32. The van der Waals surface area contributed by atoms with E-state index in [4.69, 9.17) is 9.97 Å². The fraction of sp³-hybridized carbons (Fsp3) is 0.458. The van der Waals surface area contributed by atoms with Gasteiger partial charge in [-0.3, -0.25) is 4.79 Å². The first-order valence-corrected chi connectivity index (χ1v) is 11.8. The van der Waals surface area contributed by atoms with E-state index in [2.05, 4.69) is 41.4 Å². The second-order valence-electron chi connectivity index (χ2n) is 8.67. The Morgan fingerprint density at radius 2 is 2.03 bits per heavy atom. The number of benzene rings is 1. The van der Waals surface area contributed by atoms with Gasteiger partial charge < -0.3 is 10.2 Å². The van der Waals surface area contributed by atoms with Gasteiger partial charge in [0.25, 0.3) is 0 Å². The van der Waals surface area contributed by atoms with Crippen molar-refractivity contribution in [1.82, 2.24) is 15.3 Å². The maximum absolute atomic E-state index is 11.3. The Labute approximate surface area is 181 Å². The summed E-state index contributed by atoms with van der Waals surface area (Å²) in [4.78, 5) is 26.4. The van der Waals surface area contributed by atoms with E-state index in [0.717, 1.165) is 55.4 Å². The van der Waals surface area contributed by atoms with Crippen LogP contribution in [0.5, 0.6) is 0 Å². The van der Waals surface area contributed by atoms with E-state index in [0.29, 0.717) is 5.92 Å². The largest absolute Gasteiger partial charge is 0.356 e. The van der Waals surface area contributed by atoms with Crippen LogP contribution in [0.4, 0.5) is 5.95 Å². The van der Waals surface area contributed by atoms with Gasteiger partial charge in [0.1, 0.15) is 4.83 Å². The Hall–Kier alpha value is -2.47. The number of aryl methyl sites for hydroxylation is 3. The molecule has 1 aliphatic heterocycles. The molecular weight excluding hydrogens is 392 g/mol. The van der Waals surface area contributed by atoms with Gasteiger partial charge in [-0.25, -0.2) is 9.97 Å². The number of nitrogens with zero attached hydrogens (tertiary/aromatic N) is 3. The number of hydrogen-bond acceptors (Lipinski definition) is 5. The quantitative estimate of drug-likeness (QED) is 0.675. The molecule has 1 N–H and O–H groups in total. The maximum atomic E-state index is 11.3. The van der Waals surface area contributed by atoms with E-state index in [1.807, 2.05) is 11.3 Å². The van der Waals surface area contributed by atoms with Crippen LogP contribution in [-0.2, 0) is 17.6 Å². The molecule has 2 aromatic heterocycles. The molecule has 5 rings (SSSR count). The third-order valence-corrected chi connectivity index (χ3v) is 7.51. The van der Waals surface area contributed by atoms with Crippen LogP contribution in [0.25, 0.3) is 21.5 Å². The average Bonchev–Trinajstić information content (AvgIpc) is 3.33. The second-order valence-corrected chi connectivity index (χ2v) is 9.75. The molecule has 1 aromatic carbocycles. The first-order chi connectivity index (χ1) is 14.6. The molecule has 0 radical (unpaired) electrons. The Bertz CT molecular complexity index is 1090. The summed E-state index contributed by atoms with van der Waals surface area (Å²) < 4.78 is 0. The first kappa shape index (κ1) is 19.5. The van der Waals surface area contributed by atoms with Crippen molar-refractivity contribution >= 4 is 33.4 Å². The van der Waals surface area contributed by atoms with Gasteiger partial charge in [0.15, 0.2) is 0 Å². The summed E-state index contributed by atoms with van der Waals surface area (Å²) in [5, 5.41) is 4.25. The minimum atomic E-state index is 0.0413. The molecule has 30 heavy (non-hydrogen) atoms. The lowest BCUT2D eigenvalue weighted by molar-refractivity contribution is -0.119. The molecule has 1 saturated heterocycles. The number of aromatic nitrogens is 2. The number of piperidine rings is 1. The van der Waals surface area contributed by atoms with Crippen LogP contribution in [-0.4, -0.2) is 35.5 Å². The number of rotatable bonds is 4. The molecule has 1 atom stereocenters.